The molecule has 0 heterocycles. The fourth-order valence-corrected chi connectivity index (χ4v) is 1.76. The van der Waals surface area contributed by atoms with Crippen molar-refractivity contribution in [1.82, 2.24) is 4.90 Å². The molecule has 3 nitrogen and oxygen atoms in total. The van der Waals surface area contributed by atoms with Crippen LogP contribution in [0.15, 0.2) is 12.2 Å². The topological polar surface area (TPSA) is 29.5 Å². The van der Waals surface area contributed by atoms with Crippen molar-refractivity contribution in [3.8, 4) is 0 Å². The summed E-state index contributed by atoms with van der Waals surface area (Å²) in [7, 11) is 1.81. The molecule has 0 unspecified atom stereocenters. The summed E-state index contributed by atoms with van der Waals surface area (Å²) in [6.45, 7) is 5.67. The van der Waals surface area contributed by atoms with Gasteiger partial charge in [0.1, 0.15) is 5.60 Å². The standard InChI is InChI=1S/C13H23NO2/c1-13(2,3)16-12(15)14(4)11-9-7-5-6-8-10-11/h7,9,11H,5-6,8,10H2,1-4H3/t11-/m1/s1. The monoisotopic (exact) mass is 225 g/mol. The van der Waals surface area contributed by atoms with Gasteiger partial charge in [0.15, 0.2) is 0 Å². The Morgan fingerprint density at radius 3 is 2.69 bits per heavy atom. The molecule has 16 heavy (non-hydrogen) atoms. The first kappa shape index (κ1) is 13.1. The average molecular weight is 225 g/mol. The molecule has 0 N–H and O–H groups in total. The molecule has 0 aromatic rings. The van der Waals surface area contributed by atoms with E-state index < -0.39 is 5.60 Å². The maximum absolute atomic E-state index is 11.8. The number of allylic oxidation sites excluding steroid dienone is 1. The van der Waals surface area contributed by atoms with Crippen LogP contribution in [0.5, 0.6) is 0 Å². The van der Waals surface area contributed by atoms with Gasteiger partial charge in [0.25, 0.3) is 0 Å². The molecule has 0 fully saturated rings. The van der Waals surface area contributed by atoms with Crippen LogP contribution in [0.3, 0.4) is 0 Å². The van der Waals surface area contributed by atoms with Gasteiger partial charge in [-0.25, -0.2) is 4.79 Å². The van der Waals surface area contributed by atoms with Gasteiger partial charge in [0, 0.05) is 7.05 Å². The van der Waals surface area contributed by atoms with E-state index in [9.17, 15) is 4.79 Å². The fourth-order valence-electron chi connectivity index (χ4n) is 1.76. The number of carbonyl (C=O) groups is 1. The van der Waals surface area contributed by atoms with Crippen molar-refractivity contribution in [3.05, 3.63) is 12.2 Å². The zero-order chi connectivity index (χ0) is 12.2. The first-order valence-electron chi connectivity index (χ1n) is 6.02. The summed E-state index contributed by atoms with van der Waals surface area (Å²) in [6, 6.07) is 0.192. The maximum atomic E-state index is 11.8. The summed E-state index contributed by atoms with van der Waals surface area (Å²) in [5.74, 6) is 0. The second kappa shape index (κ2) is 5.37. The summed E-state index contributed by atoms with van der Waals surface area (Å²) < 4.78 is 5.35. The molecule has 0 aromatic carbocycles. The van der Waals surface area contributed by atoms with Gasteiger partial charge < -0.3 is 9.64 Å². The lowest BCUT2D eigenvalue weighted by molar-refractivity contribution is 0.0249. The Kier molecular flexibility index (Phi) is 4.39. The van der Waals surface area contributed by atoms with E-state index in [0.717, 1.165) is 12.8 Å². The van der Waals surface area contributed by atoms with Crippen LogP contribution in [-0.4, -0.2) is 29.7 Å². The number of hydrogen-bond acceptors (Lipinski definition) is 2. The van der Waals surface area contributed by atoms with Crippen molar-refractivity contribution in [2.45, 2.75) is 58.1 Å². The SMILES string of the molecule is CN(C(=O)OC(C)(C)C)[C@@H]1C=CCCCC1. The van der Waals surface area contributed by atoms with Gasteiger partial charge in [-0.1, -0.05) is 18.6 Å². The van der Waals surface area contributed by atoms with E-state index >= 15 is 0 Å². The van der Waals surface area contributed by atoms with Gasteiger partial charge in [0.05, 0.1) is 6.04 Å². The minimum atomic E-state index is -0.417. The van der Waals surface area contributed by atoms with Gasteiger partial charge >= 0.3 is 6.09 Å². The molecule has 0 saturated carbocycles. The van der Waals surface area contributed by atoms with Crippen LogP contribution in [0.4, 0.5) is 4.79 Å². The maximum Gasteiger partial charge on any atom is 0.410 e. The minimum absolute atomic E-state index is 0.192. The minimum Gasteiger partial charge on any atom is -0.444 e. The van der Waals surface area contributed by atoms with Crippen LogP contribution >= 0.6 is 0 Å². The third-order valence-electron chi connectivity index (χ3n) is 2.66. The van der Waals surface area contributed by atoms with Crippen molar-refractivity contribution >= 4 is 6.09 Å². The third-order valence-corrected chi connectivity index (χ3v) is 2.66. The molecule has 1 amide bonds. The van der Waals surface area contributed by atoms with Crippen molar-refractivity contribution in [2.75, 3.05) is 7.05 Å². The Labute approximate surface area is 98.5 Å². The highest BCUT2D eigenvalue weighted by Gasteiger charge is 2.24. The van der Waals surface area contributed by atoms with Gasteiger partial charge in [-0.2, -0.15) is 0 Å². The second-order valence-electron chi connectivity index (χ2n) is 5.37. The Hall–Kier alpha value is -0.990. The van der Waals surface area contributed by atoms with Gasteiger partial charge in [-0.15, -0.1) is 0 Å². The molecule has 0 spiro atoms. The van der Waals surface area contributed by atoms with Gasteiger partial charge in [0.2, 0.25) is 0 Å². The van der Waals surface area contributed by atoms with E-state index in [1.807, 2.05) is 27.8 Å². The first-order chi connectivity index (χ1) is 7.40. The third kappa shape index (κ3) is 4.25. The number of likely N-dealkylation sites (N-methyl/N-ethyl adjacent to an activating group) is 1. The Morgan fingerprint density at radius 2 is 2.06 bits per heavy atom. The number of amides is 1. The van der Waals surface area contributed by atoms with E-state index in [1.54, 1.807) is 4.90 Å². The molecule has 0 saturated heterocycles. The zero-order valence-corrected chi connectivity index (χ0v) is 10.8. The lowest BCUT2D eigenvalue weighted by Crippen LogP contribution is -2.39. The van der Waals surface area contributed by atoms with Crippen LogP contribution < -0.4 is 0 Å². The highest BCUT2D eigenvalue weighted by Crippen LogP contribution is 2.17. The van der Waals surface area contributed by atoms with E-state index in [2.05, 4.69) is 12.2 Å². The highest BCUT2D eigenvalue weighted by molar-refractivity contribution is 5.68. The Morgan fingerprint density at radius 1 is 1.38 bits per heavy atom. The predicted molar refractivity (Wildman–Crippen MR) is 65.4 cm³/mol. The molecule has 3 heteroatoms. The summed E-state index contributed by atoms with van der Waals surface area (Å²) >= 11 is 0. The van der Waals surface area contributed by atoms with E-state index in [0.29, 0.717) is 0 Å². The van der Waals surface area contributed by atoms with E-state index in [4.69, 9.17) is 4.74 Å². The summed E-state index contributed by atoms with van der Waals surface area (Å²) in [5, 5.41) is 0. The van der Waals surface area contributed by atoms with E-state index in [-0.39, 0.29) is 12.1 Å². The van der Waals surface area contributed by atoms with Crippen LogP contribution in [0.2, 0.25) is 0 Å². The first-order valence-corrected chi connectivity index (χ1v) is 6.02. The van der Waals surface area contributed by atoms with Crippen molar-refractivity contribution in [2.24, 2.45) is 0 Å². The van der Waals surface area contributed by atoms with Crippen molar-refractivity contribution in [1.29, 1.82) is 0 Å². The van der Waals surface area contributed by atoms with Crippen LogP contribution in [0, 0.1) is 0 Å². The molecule has 1 atom stereocenters. The second-order valence-corrected chi connectivity index (χ2v) is 5.37. The molecular weight excluding hydrogens is 202 g/mol. The quantitative estimate of drug-likeness (QED) is 0.640. The number of carbonyl (C=O) groups excluding carboxylic acids is 1. The predicted octanol–water partition coefficient (Wildman–Crippen LogP) is 3.35. The number of hydrogen-bond donors (Lipinski definition) is 0. The highest BCUT2D eigenvalue weighted by atomic mass is 16.6. The molecule has 1 rings (SSSR count). The lowest BCUT2D eigenvalue weighted by Gasteiger charge is -2.28. The largest absolute Gasteiger partial charge is 0.444 e. The Bertz CT molecular complexity index is 266. The Balaban J connectivity index is 2.55. The molecule has 0 aromatic heterocycles. The van der Waals surface area contributed by atoms with Crippen LogP contribution in [0.25, 0.3) is 0 Å². The molecule has 1 aliphatic rings. The number of nitrogens with zero attached hydrogens (tertiary/aromatic N) is 1. The number of ether oxygens (including phenoxy) is 1. The molecule has 0 bridgehead atoms. The lowest BCUT2D eigenvalue weighted by atomic mass is 10.1. The molecular formula is C13H23NO2. The van der Waals surface area contributed by atoms with E-state index in [1.165, 1.54) is 12.8 Å². The normalized spacial score (nSPS) is 21.4. The van der Waals surface area contributed by atoms with Crippen LogP contribution in [-0.2, 0) is 4.74 Å². The molecule has 92 valence electrons. The average Bonchev–Trinajstić information content (AvgIpc) is 2.41. The van der Waals surface area contributed by atoms with Crippen LogP contribution in [0.1, 0.15) is 46.5 Å². The summed E-state index contributed by atoms with van der Waals surface area (Å²) in [4.78, 5) is 13.5. The fraction of sp³-hybridized carbons (Fsp3) is 0.769. The van der Waals surface area contributed by atoms with Crippen molar-refractivity contribution < 1.29 is 9.53 Å². The summed E-state index contributed by atoms with van der Waals surface area (Å²) in [5.41, 5.74) is -0.417. The summed E-state index contributed by atoms with van der Waals surface area (Å²) in [6.07, 6.45) is 8.60. The van der Waals surface area contributed by atoms with Gasteiger partial charge in [-0.3, -0.25) is 0 Å². The molecule has 1 aliphatic carbocycles. The number of rotatable bonds is 1. The molecule has 0 aliphatic heterocycles. The molecule has 0 radical (unpaired) electrons. The van der Waals surface area contributed by atoms with Gasteiger partial charge in [-0.05, 0) is 40.0 Å². The zero-order valence-electron chi connectivity index (χ0n) is 10.8. The smallest absolute Gasteiger partial charge is 0.410 e. The van der Waals surface area contributed by atoms with Crippen molar-refractivity contribution in [3.63, 3.8) is 0 Å².